The zero-order valence-corrected chi connectivity index (χ0v) is 22.7. The van der Waals surface area contributed by atoms with Gasteiger partial charge in [0.05, 0.1) is 22.7 Å². The molecule has 5 rings (SSSR count). The molecule has 2 fully saturated rings. The molecule has 3 N–H and O–H groups in total. The number of nitrogens with one attached hydrogen (secondary N) is 3. The van der Waals surface area contributed by atoms with Gasteiger partial charge in [0, 0.05) is 37.3 Å². The summed E-state index contributed by atoms with van der Waals surface area (Å²) >= 11 is 0. The van der Waals surface area contributed by atoms with E-state index in [1.165, 1.54) is 6.20 Å². The molecule has 3 heterocycles. The smallest absolute Gasteiger partial charge is 0.252 e. The predicted molar refractivity (Wildman–Crippen MR) is 144 cm³/mol. The number of pyridine rings is 1. The van der Waals surface area contributed by atoms with Gasteiger partial charge < -0.3 is 15.4 Å². The second kappa shape index (κ2) is 12.1. The Balaban J connectivity index is 0.00000370. The Labute approximate surface area is 234 Å². The number of piperidine rings is 1. The number of nitrogens with zero attached hydrogens (tertiary/aromatic N) is 3. The van der Waals surface area contributed by atoms with E-state index in [0.29, 0.717) is 17.2 Å². The van der Waals surface area contributed by atoms with Gasteiger partial charge in [-0.3, -0.25) is 4.72 Å². The molecule has 0 amide bonds. The van der Waals surface area contributed by atoms with Crippen molar-refractivity contribution >= 4 is 34.1 Å². The summed E-state index contributed by atoms with van der Waals surface area (Å²) in [6.45, 7) is 1.73. The Bertz CT molecular complexity index is 1460. The van der Waals surface area contributed by atoms with Crippen LogP contribution in [0.3, 0.4) is 0 Å². The SMILES string of the molecule is Cl.O=S(=O)(CC1CCC1(F)F)Nc1ccc(Oc2ncccc2-c2ccnc(N[C@H]3CCCNC3)n2)c(F)c1F. The van der Waals surface area contributed by atoms with Crippen LogP contribution in [0.25, 0.3) is 11.3 Å². The quantitative estimate of drug-likeness (QED) is 0.294. The molecule has 0 spiro atoms. The van der Waals surface area contributed by atoms with Crippen molar-refractivity contribution in [3.63, 3.8) is 0 Å². The molecular weight excluding hydrogens is 576 g/mol. The lowest BCUT2D eigenvalue weighted by atomic mass is 9.82. The fourth-order valence-electron chi connectivity index (χ4n) is 4.44. The van der Waals surface area contributed by atoms with E-state index >= 15 is 0 Å². The number of hydrogen-bond donors (Lipinski definition) is 3. The highest BCUT2D eigenvalue weighted by molar-refractivity contribution is 7.92. The van der Waals surface area contributed by atoms with Crippen LogP contribution in [-0.2, 0) is 10.0 Å². The van der Waals surface area contributed by atoms with Gasteiger partial charge in [-0.05, 0) is 56.1 Å². The van der Waals surface area contributed by atoms with E-state index in [1.807, 2.05) is 4.72 Å². The molecule has 1 aromatic carbocycles. The van der Waals surface area contributed by atoms with Crippen molar-refractivity contribution in [2.24, 2.45) is 5.92 Å². The Morgan fingerprint density at radius 3 is 2.60 bits per heavy atom. The van der Waals surface area contributed by atoms with Crippen LogP contribution in [0, 0.1) is 17.6 Å². The zero-order chi connectivity index (χ0) is 27.6. The van der Waals surface area contributed by atoms with E-state index in [0.717, 1.165) is 38.1 Å². The monoisotopic (exact) mass is 602 g/mol. The number of anilines is 2. The standard InChI is InChI=1S/C25H26F4N6O3S.ClH/c26-21-19(35-39(36,37)14-15-7-9-25(15,28)29)5-6-20(22(21)27)38-23-17(4-2-11-31-23)18-8-12-32-24(34-18)33-16-3-1-10-30-13-16;/h2,4-6,8,11-12,15-16,30,35H,1,3,7,9-10,13-14H2,(H,32,33,34);1H/t15?,16-;/m0./s1. The Morgan fingerprint density at radius 1 is 1.07 bits per heavy atom. The summed E-state index contributed by atoms with van der Waals surface area (Å²) < 4.78 is 88.7. The molecule has 40 heavy (non-hydrogen) atoms. The number of halogens is 5. The minimum Gasteiger partial charge on any atom is -0.435 e. The molecule has 2 aliphatic rings. The summed E-state index contributed by atoms with van der Waals surface area (Å²) in [6, 6.07) is 7.03. The maximum absolute atomic E-state index is 14.9. The number of ether oxygens (including phenoxy) is 1. The highest BCUT2D eigenvalue weighted by atomic mass is 35.5. The molecule has 2 aromatic heterocycles. The maximum Gasteiger partial charge on any atom is 0.252 e. The van der Waals surface area contributed by atoms with E-state index in [4.69, 9.17) is 4.74 Å². The number of benzene rings is 1. The van der Waals surface area contributed by atoms with Crippen molar-refractivity contribution in [1.82, 2.24) is 20.3 Å². The molecule has 0 bridgehead atoms. The van der Waals surface area contributed by atoms with Gasteiger partial charge in [-0.2, -0.15) is 4.39 Å². The lowest BCUT2D eigenvalue weighted by molar-refractivity contribution is -0.122. The van der Waals surface area contributed by atoms with Gasteiger partial charge in [-0.15, -0.1) is 12.4 Å². The minimum absolute atomic E-state index is 0. The van der Waals surface area contributed by atoms with Crippen LogP contribution in [0.5, 0.6) is 11.6 Å². The van der Waals surface area contributed by atoms with Gasteiger partial charge in [-0.25, -0.2) is 36.5 Å². The summed E-state index contributed by atoms with van der Waals surface area (Å²) in [5.41, 5.74) is 0.0978. The third-order valence-electron chi connectivity index (χ3n) is 6.70. The number of aromatic nitrogens is 3. The van der Waals surface area contributed by atoms with E-state index in [9.17, 15) is 26.0 Å². The molecule has 15 heteroatoms. The minimum atomic E-state index is -4.35. The molecule has 9 nitrogen and oxygen atoms in total. The molecule has 3 aromatic rings. The molecule has 1 unspecified atom stereocenters. The van der Waals surface area contributed by atoms with Gasteiger partial charge in [0.1, 0.15) is 0 Å². The molecule has 1 saturated carbocycles. The maximum atomic E-state index is 14.9. The van der Waals surface area contributed by atoms with Gasteiger partial charge >= 0.3 is 0 Å². The Hall–Kier alpha value is -3.23. The van der Waals surface area contributed by atoms with Crippen LogP contribution in [0.1, 0.15) is 25.7 Å². The summed E-state index contributed by atoms with van der Waals surface area (Å²) in [5, 5.41) is 6.57. The lowest BCUT2D eigenvalue weighted by Gasteiger charge is -2.35. The van der Waals surface area contributed by atoms with E-state index in [1.54, 1.807) is 24.4 Å². The fourth-order valence-corrected chi connectivity index (χ4v) is 5.96. The molecular formula is C25H27ClF4N6O3S. The van der Waals surface area contributed by atoms with Crippen molar-refractivity contribution in [1.29, 1.82) is 0 Å². The van der Waals surface area contributed by atoms with Crippen molar-refractivity contribution in [2.45, 2.75) is 37.6 Å². The first-order valence-electron chi connectivity index (χ1n) is 12.4. The van der Waals surface area contributed by atoms with Gasteiger partial charge in [0.15, 0.2) is 11.6 Å². The Kier molecular flexibility index (Phi) is 9.00. The normalized spacial score (nSPS) is 20.1. The average molecular weight is 603 g/mol. The van der Waals surface area contributed by atoms with Gasteiger partial charge in [0.2, 0.25) is 27.7 Å². The molecule has 1 aliphatic heterocycles. The van der Waals surface area contributed by atoms with Gasteiger partial charge in [0.25, 0.3) is 5.92 Å². The molecule has 1 saturated heterocycles. The largest absolute Gasteiger partial charge is 0.435 e. The third kappa shape index (κ3) is 6.73. The predicted octanol–water partition coefficient (Wildman–Crippen LogP) is 4.98. The number of hydrogen-bond acceptors (Lipinski definition) is 8. The van der Waals surface area contributed by atoms with E-state index < -0.39 is 57.1 Å². The molecule has 2 atom stereocenters. The van der Waals surface area contributed by atoms with Crippen LogP contribution >= 0.6 is 12.4 Å². The average Bonchev–Trinajstić information content (AvgIpc) is 2.92. The topological polar surface area (TPSA) is 118 Å². The molecule has 216 valence electrons. The molecule has 0 radical (unpaired) electrons. The van der Waals surface area contributed by atoms with Crippen LogP contribution in [0.4, 0.5) is 29.2 Å². The number of sulfonamides is 1. The van der Waals surface area contributed by atoms with Crippen LogP contribution in [-0.4, -0.2) is 54.2 Å². The summed E-state index contributed by atoms with van der Waals surface area (Å²) in [6.07, 6.45) is 4.58. The third-order valence-corrected chi connectivity index (χ3v) is 8.07. The van der Waals surface area contributed by atoms with E-state index in [-0.39, 0.29) is 30.7 Å². The van der Waals surface area contributed by atoms with Crippen LogP contribution in [0.2, 0.25) is 0 Å². The van der Waals surface area contributed by atoms with Crippen molar-refractivity contribution in [3.8, 4) is 22.9 Å². The van der Waals surface area contributed by atoms with E-state index in [2.05, 4.69) is 25.6 Å². The summed E-state index contributed by atoms with van der Waals surface area (Å²) in [5.74, 6) is -8.61. The fraction of sp³-hybridized carbons (Fsp3) is 0.400. The van der Waals surface area contributed by atoms with Crippen molar-refractivity contribution < 1.29 is 30.7 Å². The lowest BCUT2D eigenvalue weighted by Crippen LogP contribution is -2.43. The Morgan fingerprint density at radius 2 is 1.90 bits per heavy atom. The molecule has 1 aliphatic carbocycles. The highest BCUT2D eigenvalue weighted by Gasteiger charge is 2.50. The van der Waals surface area contributed by atoms with Gasteiger partial charge in [-0.1, -0.05) is 0 Å². The van der Waals surface area contributed by atoms with Crippen LogP contribution < -0.4 is 20.1 Å². The number of rotatable bonds is 9. The summed E-state index contributed by atoms with van der Waals surface area (Å²) in [4.78, 5) is 12.9. The van der Waals surface area contributed by atoms with Crippen molar-refractivity contribution in [2.75, 3.05) is 28.9 Å². The van der Waals surface area contributed by atoms with Crippen LogP contribution in [0.15, 0.2) is 42.7 Å². The first-order valence-corrected chi connectivity index (χ1v) is 14.1. The summed E-state index contributed by atoms with van der Waals surface area (Å²) in [7, 11) is -4.35. The number of alkyl halides is 2. The highest BCUT2D eigenvalue weighted by Crippen LogP contribution is 2.44. The second-order valence-corrected chi connectivity index (χ2v) is 11.3. The first kappa shape index (κ1) is 29.7. The zero-order valence-electron chi connectivity index (χ0n) is 21.0. The van der Waals surface area contributed by atoms with Crippen molar-refractivity contribution in [3.05, 3.63) is 54.4 Å². The first-order chi connectivity index (χ1) is 18.6. The second-order valence-electron chi connectivity index (χ2n) is 9.53.